The Labute approximate surface area is 74.2 Å². The van der Waals surface area contributed by atoms with E-state index in [1.807, 2.05) is 32.1 Å². The average molecular weight is 170 g/mol. The van der Waals surface area contributed by atoms with Gasteiger partial charge in [0, 0.05) is 6.61 Å². The topological polar surface area (TPSA) is 40.5 Å². The van der Waals surface area contributed by atoms with E-state index in [0.29, 0.717) is 12.8 Å². The van der Waals surface area contributed by atoms with Gasteiger partial charge in [-0.15, -0.1) is 0 Å². The molecule has 0 saturated carbocycles. The Bertz CT molecular complexity index is 159. The largest absolute Gasteiger partial charge is 0.396 e. The van der Waals surface area contributed by atoms with Crippen molar-refractivity contribution in [3.63, 3.8) is 0 Å². The molecule has 0 rings (SSSR count). The zero-order valence-corrected chi connectivity index (χ0v) is 7.83. The van der Waals surface area contributed by atoms with Crippen molar-refractivity contribution in [3.8, 4) is 0 Å². The molecule has 1 atom stereocenters. The van der Waals surface area contributed by atoms with E-state index >= 15 is 0 Å². The van der Waals surface area contributed by atoms with E-state index in [1.165, 1.54) is 0 Å². The van der Waals surface area contributed by atoms with Crippen LogP contribution in [-0.4, -0.2) is 22.9 Å². The molecule has 0 aliphatic heterocycles. The SMILES string of the molecule is C/C=C/C(C)=C/C[C@@H](O)CCO. The van der Waals surface area contributed by atoms with Gasteiger partial charge in [-0.2, -0.15) is 0 Å². The van der Waals surface area contributed by atoms with E-state index in [4.69, 9.17) is 5.11 Å². The molecule has 2 nitrogen and oxygen atoms in total. The van der Waals surface area contributed by atoms with E-state index in [0.717, 1.165) is 5.57 Å². The van der Waals surface area contributed by atoms with Gasteiger partial charge in [0.25, 0.3) is 0 Å². The maximum absolute atomic E-state index is 9.24. The third-order valence-electron chi connectivity index (χ3n) is 1.60. The first kappa shape index (κ1) is 11.4. The highest BCUT2D eigenvalue weighted by Gasteiger charge is 1.99. The quantitative estimate of drug-likeness (QED) is 0.616. The van der Waals surface area contributed by atoms with Crippen molar-refractivity contribution in [2.75, 3.05) is 6.61 Å². The first-order chi connectivity index (χ1) is 5.70. The molecule has 0 aliphatic rings. The van der Waals surface area contributed by atoms with Crippen LogP contribution in [0, 0.1) is 0 Å². The van der Waals surface area contributed by atoms with Crippen LogP contribution in [-0.2, 0) is 0 Å². The minimum absolute atomic E-state index is 0.0532. The molecule has 0 saturated heterocycles. The summed E-state index contributed by atoms with van der Waals surface area (Å²) < 4.78 is 0. The molecular formula is C10H18O2. The van der Waals surface area contributed by atoms with Gasteiger partial charge in [0.1, 0.15) is 0 Å². The summed E-state index contributed by atoms with van der Waals surface area (Å²) in [6.07, 6.45) is 6.60. The summed E-state index contributed by atoms with van der Waals surface area (Å²) in [5.41, 5.74) is 1.15. The first-order valence-electron chi connectivity index (χ1n) is 4.29. The minimum atomic E-state index is -0.407. The van der Waals surface area contributed by atoms with Gasteiger partial charge in [0.2, 0.25) is 0 Å². The molecule has 0 bridgehead atoms. The predicted molar refractivity (Wildman–Crippen MR) is 50.9 cm³/mol. The van der Waals surface area contributed by atoms with Crippen molar-refractivity contribution in [1.29, 1.82) is 0 Å². The summed E-state index contributed by atoms with van der Waals surface area (Å²) in [6, 6.07) is 0. The second kappa shape index (κ2) is 7.07. The highest BCUT2D eigenvalue weighted by Crippen LogP contribution is 2.03. The van der Waals surface area contributed by atoms with E-state index in [9.17, 15) is 5.11 Å². The third kappa shape index (κ3) is 6.13. The summed E-state index contributed by atoms with van der Waals surface area (Å²) in [5, 5.41) is 17.7. The average Bonchev–Trinajstić information content (AvgIpc) is 2.02. The third-order valence-corrected chi connectivity index (χ3v) is 1.60. The zero-order valence-electron chi connectivity index (χ0n) is 7.83. The molecule has 0 amide bonds. The lowest BCUT2D eigenvalue weighted by atomic mass is 10.1. The van der Waals surface area contributed by atoms with Crippen molar-refractivity contribution in [1.82, 2.24) is 0 Å². The lowest BCUT2D eigenvalue weighted by Crippen LogP contribution is -2.06. The molecule has 0 heterocycles. The standard InChI is InChI=1S/C10H18O2/c1-3-4-9(2)5-6-10(12)7-8-11/h3-5,10-12H,6-8H2,1-2H3/b4-3+,9-5+/t10-/m1/s1. The van der Waals surface area contributed by atoms with Crippen LogP contribution >= 0.6 is 0 Å². The number of aliphatic hydroxyl groups excluding tert-OH is 2. The fraction of sp³-hybridized carbons (Fsp3) is 0.600. The predicted octanol–water partition coefficient (Wildman–Crippen LogP) is 1.64. The summed E-state index contributed by atoms with van der Waals surface area (Å²) in [5.74, 6) is 0. The van der Waals surface area contributed by atoms with Gasteiger partial charge in [-0.3, -0.25) is 0 Å². The van der Waals surface area contributed by atoms with Gasteiger partial charge in [0.15, 0.2) is 0 Å². The monoisotopic (exact) mass is 170 g/mol. The van der Waals surface area contributed by atoms with Crippen molar-refractivity contribution < 1.29 is 10.2 Å². The van der Waals surface area contributed by atoms with Gasteiger partial charge < -0.3 is 10.2 Å². The van der Waals surface area contributed by atoms with Crippen molar-refractivity contribution >= 4 is 0 Å². The molecule has 0 unspecified atom stereocenters. The van der Waals surface area contributed by atoms with Crippen LogP contribution in [0.25, 0.3) is 0 Å². The lowest BCUT2D eigenvalue weighted by Gasteiger charge is -2.04. The summed E-state index contributed by atoms with van der Waals surface area (Å²) in [7, 11) is 0. The van der Waals surface area contributed by atoms with Gasteiger partial charge in [-0.1, -0.05) is 23.8 Å². The molecule has 2 heteroatoms. The maximum Gasteiger partial charge on any atom is 0.0596 e. The second-order valence-corrected chi connectivity index (χ2v) is 2.85. The summed E-state index contributed by atoms with van der Waals surface area (Å²) >= 11 is 0. The van der Waals surface area contributed by atoms with Crippen LogP contribution in [0.5, 0.6) is 0 Å². The maximum atomic E-state index is 9.24. The van der Waals surface area contributed by atoms with Crippen LogP contribution in [0.15, 0.2) is 23.8 Å². The van der Waals surface area contributed by atoms with Crippen LogP contribution in [0.1, 0.15) is 26.7 Å². The number of rotatable bonds is 5. The molecule has 70 valence electrons. The molecule has 0 spiro atoms. The fourth-order valence-corrected chi connectivity index (χ4v) is 0.920. The molecule has 0 aromatic carbocycles. The highest BCUT2D eigenvalue weighted by molar-refractivity contribution is 5.15. The molecule has 0 fully saturated rings. The van der Waals surface area contributed by atoms with E-state index in [2.05, 4.69) is 0 Å². The molecule has 0 aliphatic carbocycles. The van der Waals surface area contributed by atoms with Crippen LogP contribution in [0.2, 0.25) is 0 Å². The van der Waals surface area contributed by atoms with Crippen molar-refractivity contribution in [3.05, 3.63) is 23.8 Å². The van der Waals surface area contributed by atoms with Crippen LogP contribution < -0.4 is 0 Å². The summed E-state index contributed by atoms with van der Waals surface area (Å²) in [6.45, 7) is 4.00. The second-order valence-electron chi connectivity index (χ2n) is 2.85. The molecular weight excluding hydrogens is 152 g/mol. The first-order valence-corrected chi connectivity index (χ1v) is 4.29. The number of allylic oxidation sites excluding steroid dienone is 3. The zero-order chi connectivity index (χ0) is 9.40. The van der Waals surface area contributed by atoms with E-state index in [1.54, 1.807) is 0 Å². The molecule has 12 heavy (non-hydrogen) atoms. The van der Waals surface area contributed by atoms with Crippen LogP contribution in [0.3, 0.4) is 0 Å². The molecule has 0 aromatic heterocycles. The van der Waals surface area contributed by atoms with Gasteiger partial charge in [-0.05, 0) is 26.7 Å². The number of aliphatic hydroxyl groups is 2. The van der Waals surface area contributed by atoms with E-state index < -0.39 is 6.10 Å². The smallest absolute Gasteiger partial charge is 0.0596 e. The number of hydrogen-bond donors (Lipinski definition) is 2. The Balaban J connectivity index is 3.70. The fourth-order valence-electron chi connectivity index (χ4n) is 0.920. The Kier molecular flexibility index (Phi) is 6.72. The van der Waals surface area contributed by atoms with Crippen molar-refractivity contribution in [2.24, 2.45) is 0 Å². The lowest BCUT2D eigenvalue weighted by molar-refractivity contribution is 0.135. The van der Waals surface area contributed by atoms with Crippen LogP contribution in [0.4, 0.5) is 0 Å². The Morgan fingerprint density at radius 2 is 2.17 bits per heavy atom. The Morgan fingerprint density at radius 1 is 1.50 bits per heavy atom. The van der Waals surface area contributed by atoms with Gasteiger partial charge >= 0.3 is 0 Å². The van der Waals surface area contributed by atoms with E-state index in [-0.39, 0.29) is 6.61 Å². The van der Waals surface area contributed by atoms with Gasteiger partial charge in [-0.25, -0.2) is 0 Å². The normalized spacial score (nSPS) is 15.5. The van der Waals surface area contributed by atoms with Crippen molar-refractivity contribution in [2.45, 2.75) is 32.8 Å². The Hall–Kier alpha value is -0.600. The molecule has 0 radical (unpaired) electrons. The minimum Gasteiger partial charge on any atom is -0.396 e. The molecule has 0 aromatic rings. The Morgan fingerprint density at radius 3 is 2.67 bits per heavy atom. The summed E-state index contributed by atoms with van der Waals surface area (Å²) in [4.78, 5) is 0. The van der Waals surface area contributed by atoms with Gasteiger partial charge in [0.05, 0.1) is 6.10 Å². The molecule has 2 N–H and O–H groups in total. The highest BCUT2D eigenvalue weighted by atomic mass is 16.3. The number of hydrogen-bond acceptors (Lipinski definition) is 2.